The molecule has 0 bridgehead atoms. The van der Waals surface area contributed by atoms with Crippen molar-refractivity contribution in [3.63, 3.8) is 0 Å². The first kappa shape index (κ1) is 14.3. The van der Waals surface area contributed by atoms with Crippen molar-refractivity contribution < 1.29 is 14.1 Å². The molecule has 0 unspecified atom stereocenters. The van der Waals surface area contributed by atoms with Crippen molar-refractivity contribution in [3.05, 3.63) is 55.9 Å². The number of nitrogens with one attached hydrogen (secondary N) is 1. The minimum absolute atomic E-state index is 0.0304. The van der Waals surface area contributed by atoms with Gasteiger partial charge in [0.25, 0.3) is 11.6 Å². The van der Waals surface area contributed by atoms with Gasteiger partial charge in [0.2, 0.25) is 0 Å². The number of hydrogen-bond donors (Lipinski definition) is 1. The number of furan rings is 1. The Morgan fingerprint density at radius 1 is 1.35 bits per heavy atom. The molecule has 2 rings (SSSR count). The molecule has 0 radical (unpaired) electrons. The molecule has 1 aromatic carbocycles. The maximum Gasteiger partial charge on any atom is 0.274 e. The molecule has 0 saturated carbocycles. The van der Waals surface area contributed by atoms with Crippen LogP contribution < -0.4 is 5.32 Å². The molecule has 0 saturated heterocycles. The van der Waals surface area contributed by atoms with Crippen molar-refractivity contribution in [1.29, 1.82) is 0 Å². The third kappa shape index (κ3) is 2.72. The van der Waals surface area contributed by atoms with Crippen LogP contribution in [0, 0.1) is 24.0 Å². The lowest BCUT2D eigenvalue weighted by molar-refractivity contribution is -0.385. The monoisotopic (exact) mass is 338 g/mol. The molecule has 6 nitrogen and oxygen atoms in total. The molecule has 2 aromatic rings. The van der Waals surface area contributed by atoms with Gasteiger partial charge in [-0.15, -0.1) is 0 Å². The van der Waals surface area contributed by atoms with E-state index in [1.165, 1.54) is 18.4 Å². The summed E-state index contributed by atoms with van der Waals surface area (Å²) in [5.74, 6) is -0.396. The van der Waals surface area contributed by atoms with Crippen molar-refractivity contribution in [1.82, 2.24) is 0 Å². The number of carbonyl (C=O) groups excluding carboxylic acids is 1. The third-order valence-electron chi connectivity index (χ3n) is 2.85. The van der Waals surface area contributed by atoms with Crippen LogP contribution in [0.4, 0.5) is 11.4 Å². The molecule has 1 aromatic heterocycles. The maximum absolute atomic E-state index is 12.0. The minimum atomic E-state index is -0.474. The lowest BCUT2D eigenvalue weighted by atomic mass is 10.1. The fourth-order valence-corrected chi connectivity index (χ4v) is 2.24. The van der Waals surface area contributed by atoms with Gasteiger partial charge in [-0.2, -0.15) is 0 Å². The fraction of sp³-hybridized carbons (Fsp3) is 0.154. The summed E-state index contributed by atoms with van der Waals surface area (Å²) in [6.07, 6.45) is 1.38. The Kier molecular flexibility index (Phi) is 3.89. The zero-order valence-corrected chi connectivity index (χ0v) is 12.4. The van der Waals surface area contributed by atoms with Crippen LogP contribution in [-0.2, 0) is 0 Å². The van der Waals surface area contributed by atoms with E-state index in [-0.39, 0.29) is 5.69 Å². The van der Waals surface area contributed by atoms with Gasteiger partial charge in [0.05, 0.1) is 22.4 Å². The molecule has 1 heterocycles. The molecule has 0 spiro atoms. The predicted molar refractivity (Wildman–Crippen MR) is 76.9 cm³/mol. The number of halogens is 1. The van der Waals surface area contributed by atoms with E-state index in [0.29, 0.717) is 21.5 Å². The number of carbonyl (C=O) groups is 1. The highest BCUT2D eigenvalue weighted by Crippen LogP contribution is 2.27. The van der Waals surface area contributed by atoms with Gasteiger partial charge in [-0.3, -0.25) is 14.9 Å². The first-order valence-corrected chi connectivity index (χ1v) is 6.49. The standard InChI is InChI=1S/C13H11BrN2O4/c1-7-5-8(2)11(16(18)19)6-10(7)15-13(17)9-3-4-20-12(9)14/h3-6H,1-2H3,(H,15,17). The Morgan fingerprint density at radius 2 is 2.05 bits per heavy atom. The van der Waals surface area contributed by atoms with Crippen LogP contribution in [0.15, 0.2) is 33.5 Å². The molecule has 20 heavy (non-hydrogen) atoms. The lowest BCUT2D eigenvalue weighted by Gasteiger charge is -2.09. The van der Waals surface area contributed by atoms with Gasteiger partial charge in [-0.05, 0) is 47.5 Å². The van der Waals surface area contributed by atoms with Gasteiger partial charge < -0.3 is 9.73 Å². The average molecular weight is 339 g/mol. The van der Waals surface area contributed by atoms with Crippen molar-refractivity contribution >= 4 is 33.2 Å². The van der Waals surface area contributed by atoms with Gasteiger partial charge in [0.1, 0.15) is 0 Å². The molecular formula is C13H11BrN2O4. The van der Waals surface area contributed by atoms with E-state index in [1.54, 1.807) is 19.9 Å². The first-order valence-electron chi connectivity index (χ1n) is 5.70. The summed E-state index contributed by atoms with van der Waals surface area (Å²) < 4.78 is 5.30. The van der Waals surface area contributed by atoms with Crippen LogP contribution in [0.25, 0.3) is 0 Å². The number of aryl methyl sites for hydroxylation is 2. The minimum Gasteiger partial charge on any atom is -0.457 e. The van der Waals surface area contributed by atoms with E-state index in [2.05, 4.69) is 21.2 Å². The number of hydrogen-bond acceptors (Lipinski definition) is 4. The third-order valence-corrected chi connectivity index (χ3v) is 3.46. The summed E-state index contributed by atoms with van der Waals surface area (Å²) in [5, 5.41) is 13.6. The highest BCUT2D eigenvalue weighted by Gasteiger charge is 2.17. The number of anilines is 1. The van der Waals surface area contributed by atoms with Gasteiger partial charge in [-0.1, -0.05) is 0 Å². The van der Waals surface area contributed by atoms with Crippen molar-refractivity contribution in [2.45, 2.75) is 13.8 Å². The van der Waals surface area contributed by atoms with Gasteiger partial charge in [0.15, 0.2) is 4.67 Å². The molecule has 0 aliphatic carbocycles. The molecule has 1 amide bonds. The zero-order valence-electron chi connectivity index (χ0n) is 10.8. The van der Waals surface area contributed by atoms with Gasteiger partial charge in [0, 0.05) is 11.6 Å². The van der Waals surface area contributed by atoms with E-state index >= 15 is 0 Å². The van der Waals surface area contributed by atoms with Crippen LogP contribution in [0.2, 0.25) is 0 Å². The normalized spacial score (nSPS) is 10.3. The molecule has 0 aliphatic rings. The second kappa shape index (κ2) is 5.46. The second-order valence-electron chi connectivity index (χ2n) is 4.27. The number of benzene rings is 1. The van der Waals surface area contributed by atoms with Gasteiger partial charge in [-0.25, -0.2) is 0 Å². The highest BCUT2D eigenvalue weighted by atomic mass is 79.9. The Bertz CT molecular complexity index is 694. The second-order valence-corrected chi connectivity index (χ2v) is 4.99. The number of nitro benzene ring substituents is 1. The fourth-order valence-electron chi connectivity index (χ4n) is 1.82. The molecular weight excluding hydrogens is 328 g/mol. The molecule has 0 atom stereocenters. The molecule has 7 heteroatoms. The van der Waals surface area contributed by atoms with E-state index in [4.69, 9.17) is 4.42 Å². The Hall–Kier alpha value is -2.15. The van der Waals surface area contributed by atoms with E-state index in [1.807, 2.05) is 0 Å². The Balaban J connectivity index is 2.34. The van der Waals surface area contributed by atoms with Gasteiger partial charge >= 0.3 is 0 Å². The summed E-state index contributed by atoms with van der Waals surface area (Å²) in [5.41, 5.74) is 2.00. The largest absolute Gasteiger partial charge is 0.457 e. The quantitative estimate of drug-likeness (QED) is 0.680. The van der Waals surface area contributed by atoms with E-state index < -0.39 is 10.8 Å². The molecule has 0 aliphatic heterocycles. The highest BCUT2D eigenvalue weighted by molar-refractivity contribution is 9.10. The lowest BCUT2D eigenvalue weighted by Crippen LogP contribution is -2.13. The summed E-state index contributed by atoms with van der Waals surface area (Å²) in [4.78, 5) is 22.5. The van der Waals surface area contributed by atoms with Crippen LogP contribution in [0.5, 0.6) is 0 Å². The number of nitrogens with zero attached hydrogens (tertiary/aromatic N) is 1. The molecule has 1 N–H and O–H groups in total. The van der Waals surface area contributed by atoms with Crippen LogP contribution in [-0.4, -0.2) is 10.8 Å². The van der Waals surface area contributed by atoms with Crippen LogP contribution in [0.1, 0.15) is 21.5 Å². The van der Waals surface area contributed by atoms with Crippen molar-refractivity contribution in [3.8, 4) is 0 Å². The Labute approximate surface area is 123 Å². The van der Waals surface area contributed by atoms with Crippen molar-refractivity contribution in [2.24, 2.45) is 0 Å². The topological polar surface area (TPSA) is 85.4 Å². The Morgan fingerprint density at radius 3 is 2.60 bits per heavy atom. The number of nitro groups is 1. The summed E-state index contributed by atoms with van der Waals surface area (Å²) >= 11 is 3.11. The van der Waals surface area contributed by atoms with Crippen molar-refractivity contribution in [2.75, 3.05) is 5.32 Å². The smallest absolute Gasteiger partial charge is 0.274 e. The summed E-state index contributed by atoms with van der Waals surface area (Å²) in [6, 6.07) is 4.53. The zero-order chi connectivity index (χ0) is 14.9. The van der Waals surface area contributed by atoms with Crippen LogP contribution in [0.3, 0.4) is 0 Å². The van der Waals surface area contributed by atoms with Crippen LogP contribution >= 0.6 is 15.9 Å². The van der Waals surface area contributed by atoms with E-state index in [0.717, 1.165) is 5.56 Å². The van der Waals surface area contributed by atoms with E-state index in [9.17, 15) is 14.9 Å². The summed E-state index contributed by atoms with van der Waals surface area (Å²) in [7, 11) is 0. The maximum atomic E-state index is 12.0. The number of rotatable bonds is 3. The number of amides is 1. The predicted octanol–water partition coefficient (Wildman–Crippen LogP) is 3.82. The SMILES string of the molecule is Cc1cc(C)c([N+](=O)[O-])cc1NC(=O)c1ccoc1Br. The summed E-state index contributed by atoms with van der Waals surface area (Å²) in [6.45, 7) is 3.43. The first-order chi connectivity index (χ1) is 9.40. The average Bonchev–Trinajstić information content (AvgIpc) is 2.78. The molecule has 104 valence electrons. The molecule has 0 fully saturated rings.